The van der Waals surface area contributed by atoms with E-state index >= 15 is 0 Å². The quantitative estimate of drug-likeness (QED) is 0.360. The van der Waals surface area contributed by atoms with Crippen molar-refractivity contribution in [3.8, 4) is 5.75 Å². The Hall–Kier alpha value is -1.77. The highest BCUT2D eigenvalue weighted by Gasteiger charge is 2.13. The molecular weight excluding hydrogens is 226 g/mol. The lowest BCUT2D eigenvalue weighted by Crippen LogP contribution is -2.05. The third kappa shape index (κ3) is 3.62. The molecule has 0 aliphatic carbocycles. The van der Waals surface area contributed by atoms with Gasteiger partial charge in [0.15, 0.2) is 0 Å². The molecule has 0 saturated carbocycles. The predicted molar refractivity (Wildman–Crippen MR) is 75.2 cm³/mol. The molecule has 3 nitrogen and oxygen atoms in total. The fourth-order valence-corrected chi connectivity index (χ4v) is 1.94. The molecule has 0 bridgehead atoms. The normalized spacial score (nSPS) is 11.4. The minimum absolute atomic E-state index is 0.266. The molecule has 1 N–H and O–H groups in total. The first-order valence-electron chi connectivity index (χ1n) is 6.20. The zero-order valence-electron chi connectivity index (χ0n) is 11.4. The van der Waals surface area contributed by atoms with Gasteiger partial charge in [-0.25, -0.2) is 0 Å². The van der Waals surface area contributed by atoms with Crippen molar-refractivity contribution >= 4 is 5.71 Å². The molecular formula is C15H21NO2. The van der Waals surface area contributed by atoms with Gasteiger partial charge < -0.3 is 9.94 Å². The Kier molecular flexibility index (Phi) is 5.43. The number of rotatable bonds is 6. The van der Waals surface area contributed by atoms with Crippen molar-refractivity contribution in [3.05, 3.63) is 41.5 Å². The number of phenolic OH excluding ortho intramolecular Hbond substituents is 1. The standard InChI is InChI=1S/C15H21NO2/c1-5-7-13(16-18-8-6-2)15-12(4)9-11(3)10-14(15)17/h6,9-10,17H,2,5,7-8H2,1,3-4H3/b16-13+. The van der Waals surface area contributed by atoms with E-state index in [1.165, 1.54) is 0 Å². The van der Waals surface area contributed by atoms with Crippen LogP contribution in [0.15, 0.2) is 29.9 Å². The summed E-state index contributed by atoms with van der Waals surface area (Å²) in [4.78, 5) is 5.15. The highest BCUT2D eigenvalue weighted by atomic mass is 16.6. The summed E-state index contributed by atoms with van der Waals surface area (Å²) in [6.07, 6.45) is 3.37. The molecule has 0 spiro atoms. The first kappa shape index (κ1) is 14.3. The maximum Gasteiger partial charge on any atom is 0.135 e. The van der Waals surface area contributed by atoms with Crippen LogP contribution in [-0.2, 0) is 4.84 Å². The van der Waals surface area contributed by atoms with Gasteiger partial charge in [0.05, 0.1) is 5.71 Å². The molecule has 0 saturated heterocycles. The molecule has 3 heteroatoms. The van der Waals surface area contributed by atoms with E-state index in [-0.39, 0.29) is 5.75 Å². The third-order valence-electron chi connectivity index (χ3n) is 2.60. The summed E-state index contributed by atoms with van der Waals surface area (Å²) >= 11 is 0. The van der Waals surface area contributed by atoms with Crippen molar-refractivity contribution < 1.29 is 9.94 Å². The van der Waals surface area contributed by atoms with Crippen LogP contribution in [0.3, 0.4) is 0 Å². The van der Waals surface area contributed by atoms with Gasteiger partial charge >= 0.3 is 0 Å². The van der Waals surface area contributed by atoms with Gasteiger partial charge in [0, 0.05) is 5.56 Å². The Balaban J connectivity index is 3.12. The monoisotopic (exact) mass is 247 g/mol. The average Bonchev–Trinajstić information content (AvgIpc) is 2.28. The van der Waals surface area contributed by atoms with Gasteiger partial charge in [0.2, 0.25) is 0 Å². The fourth-order valence-electron chi connectivity index (χ4n) is 1.94. The van der Waals surface area contributed by atoms with E-state index in [1.54, 1.807) is 12.1 Å². The van der Waals surface area contributed by atoms with E-state index < -0.39 is 0 Å². The number of benzene rings is 1. The van der Waals surface area contributed by atoms with Crippen LogP contribution in [-0.4, -0.2) is 17.4 Å². The molecule has 98 valence electrons. The molecule has 0 heterocycles. The Morgan fingerprint density at radius 3 is 2.72 bits per heavy atom. The summed E-state index contributed by atoms with van der Waals surface area (Å²) in [7, 11) is 0. The average molecular weight is 247 g/mol. The Morgan fingerprint density at radius 2 is 2.17 bits per heavy atom. The first-order valence-corrected chi connectivity index (χ1v) is 6.20. The van der Waals surface area contributed by atoms with E-state index in [0.717, 1.165) is 35.2 Å². The summed E-state index contributed by atoms with van der Waals surface area (Å²) in [6.45, 7) is 9.96. The molecule has 18 heavy (non-hydrogen) atoms. The van der Waals surface area contributed by atoms with Crippen molar-refractivity contribution in [2.24, 2.45) is 5.16 Å². The molecule has 0 atom stereocenters. The molecule has 0 aliphatic rings. The Labute approximate surface area is 109 Å². The summed E-state index contributed by atoms with van der Waals surface area (Å²) in [5.74, 6) is 0.266. The van der Waals surface area contributed by atoms with Crippen LogP contribution < -0.4 is 0 Å². The second-order valence-electron chi connectivity index (χ2n) is 4.35. The largest absolute Gasteiger partial charge is 0.507 e. The van der Waals surface area contributed by atoms with Gasteiger partial charge in [-0.2, -0.15) is 0 Å². The van der Waals surface area contributed by atoms with Crippen molar-refractivity contribution in [2.75, 3.05) is 6.61 Å². The lowest BCUT2D eigenvalue weighted by atomic mass is 9.98. The van der Waals surface area contributed by atoms with Crippen molar-refractivity contribution in [1.29, 1.82) is 0 Å². The SMILES string of the molecule is C=CCO/N=C(\CCC)c1c(C)cc(C)cc1O. The van der Waals surface area contributed by atoms with Crippen LogP contribution in [0.25, 0.3) is 0 Å². The summed E-state index contributed by atoms with van der Waals surface area (Å²) < 4.78 is 0. The van der Waals surface area contributed by atoms with Gasteiger partial charge in [0.1, 0.15) is 12.4 Å². The number of phenols is 1. The Morgan fingerprint density at radius 1 is 1.44 bits per heavy atom. The lowest BCUT2D eigenvalue weighted by Gasteiger charge is -2.11. The highest BCUT2D eigenvalue weighted by Crippen LogP contribution is 2.25. The molecule has 1 rings (SSSR count). The van der Waals surface area contributed by atoms with E-state index in [1.807, 2.05) is 19.9 Å². The number of aryl methyl sites for hydroxylation is 2. The van der Waals surface area contributed by atoms with E-state index in [0.29, 0.717) is 6.61 Å². The molecule has 1 aromatic rings. The van der Waals surface area contributed by atoms with Crippen LogP contribution in [0.1, 0.15) is 36.5 Å². The van der Waals surface area contributed by atoms with Gasteiger partial charge in [-0.1, -0.05) is 37.2 Å². The minimum atomic E-state index is 0.266. The smallest absolute Gasteiger partial charge is 0.135 e. The number of hydrogen-bond acceptors (Lipinski definition) is 3. The van der Waals surface area contributed by atoms with Crippen LogP contribution in [0.4, 0.5) is 0 Å². The molecule has 0 aromatic heterocycles. The summed E-state index contributed by atoms with van der Waals surface area (Å²) in [5, 5.41) is 14.2. The van der Waals surface area contributed by atoms with Crippen molar-refractivity contribution in [1.82, 2.24) is 0 Å². The second kappa shape index (κ2) is 6.84. The lowest BCUT2D eigenvalue weighted by molar-refractivity contribution is 0.174. The van der Waals surface area contributed by atoms with E-state index in [9.17, 15) is 5.11 Å². The maximum atomic E-state index is 10.1. The minimum Gasteiger partial charge on any atom is -0.507 e. The fraction of sp³-hybridized carbons (Fsp3) is 0.400. The van der Waals surface area contributed by atoms with Crippen LogP contribution in [0, 0.1) is 13.8 Å². The van der Waals surface area contributed by atoms with Crippen molar-refractivity contribution in [3.63, 3.8) is 0 Å². The van der Waals surface area contributed by atoms with E-state index in [4.69, 9.17) is 4.84 Å². The number of hydrogen-bond donors (Lipinski definition) is 1. The van der Waals surface area contributed by atoms with E-state index in [2.05, 4.69) is 18.7 Å². The zero-order valence-corrected chi connectivity index (χ0v) is 11.4. The third-order valence-corrected chi connectivity index (χ3v) is 2.60. The number of aromatic hydroxyl groups is 1. The number of nitrogens with zero attached hydrogens (tertiary/aromatic N) is 1. The highest BCUT2D eigenvalue weighted by molar-refractivity contribution is 6.03. The molecule has 1 aromatic carbocycles. The molecule has 0 unspecified atom stereocenters. The topological polar surface area (TPSA) is 41.8 Å². The molecule has 0 radical (unpaired) electrons. The zero-order chi connectivity index (χ0) is 13.5. The van der Waals surface area contributed by atoms with Gasteiger partial charge in [-0.15, -0.1) is 0 Å². The van der Waals surface area contributed by atoms with Gasteiger partial charge in [-0.05, 0) is 37.5 Å². The van der Waals surface area contributed by atoms with Crippen LogP contribution in [0.2, 0.25) is 0 Å². The number of oxime groups is 1. The maximum absolute atomic E-state index is 10.1. The summed E-state index contributed by atoms with van der Waals surface area (Å²) in [5.41, 5.74) is 3.62. The summed E-state index contributed by atoms with van der Waals surface area (Å²) in [6, 6.07) is 3.79. The van der Waals surface area contributed by atoms with Gasteiger partial charge in [0.25, 0.3) is 0 Å². The predicted octanol–water partition coefficient (Wildman–Crippen LogP) is 3.72. The first-order chi connectivity index (χ1) is 8.60. The van der Waals surface area contributed by atoms with Crippen LogP contribution in [0.5, 0.6) is 5.75 Å². The Bertz CT molecular complexity index is 427. The van der Waals surface area contributed by atoms with Crippen LogP contribution >= 0.6 is 0 Å². The molecule has 0 fully saturated rings. The van der Waals surface area contributed by atoms with Crippen molar-refractivity contribution in [2.45, 2.75) is 33.6 Å². The van der Waals surface area contributed by atoms with Gasteiger partial charge in [-0.3, -0.25) is 0 Å². The molecule has 0 amide bonds. The molecule has 0 aliphatic heterocycles. The second-order valence-corrected chi connectivity index (χ2v) is 4.35.